The van der Waals surface area contributed by atoms with Gasteiger partial charge in [0, 0.05) is 12.8 Å². The first kappa shape index (κ1) is 29.2. The molecule has 14 heteroatoms. The van der Waals surface area contributed by atoms with Gasteiger partial charge in [-0.3, -0.25) is 24.0 Å². The van der Waals surface area contributed by atoms with Crippen LogP contribution in [0.3, 0.4) is 0 Å². The van der Waals surface area contributed by atoms with E-state index in [-0.39, 0.29) is 25.7 Å². The molecule has 0 spiro atoms. The summed E-state index contributed by atoms with van der Waals surface area (Å²) in [6.07, 6.45) is 2.31. The van der Waals surface area contributed by atoms with Crippen molar-refractivity contribution in [2.75, 3.05) is 18.6 Å². The van der Waals surface area contributed by atoms with Crippen molar-refractivity contribution in [2.45, 2.75) is 69.1 Å². The number of hydrogen-bond acceptors (Lipinski definition) is 8. The topological polar surface area (TPSA) is 217 Å². The van der Waals surface area contributed by atoms with Crippen molar-refractivity contribution in [2.24, 2.45) is 5.73 Å². The van der Waals surface area contributed by atoms with Gasteiger partial charge in [0.2, 0.25) is 23.6 Å². The summed E-state index contributed by atoms with van der Waals surface area (Å²) in [6, 6.07) is -4.18. The van der Waals surface area contributed by atoms with Gasteiger partial charge in [-0.05, 0) is 50.7 Å². The van der Waals surface area contributed by atoms with Gasteiger partial charge in [0.05, 0.1) is 6.04 Å². The van der Waals surface area contributed by atoms with E-state index >= 15 is 0 Å². The molecule has 0 unspecified atom stereocenters. The molecule has 4 atom stereocenters. The summed E-state index contributed by atoms with van der Waals surface area (Å²) in [5.41, 5.74) is 5.18. The molecule has 192 valence electrons. The van der Waals surface area contributed by atoms with Crippen LogP contribution in [0.5, 0.6) is 0 Å². The molecule has 0 saturated carbocycles. The highest BCUT2D eigenvalue weighted by Crippen LogP contribution is 2.08. The van der Waals surface area contributed by atoms with Crippen LogP contribution in [-0.4, -0.2) is 88.5 Å². The number of nitrogens with one attached hydrogen (secondary N) is 4. The van der Waals surface area contributed by atoms with E-state index in [1.54, 1.807) is 6.26 Å². The van der Waals surface area contributed by atoms with Crippen molar-refractivity contribution < 1.29 is 39.0 Å². The lowest BCUT2D eigenvalue weighted by atomic mass is 10.1. The maximum absolute atomic E-state index is 12.9. The van der Waals surface area contributed by atoms with Crippen molar-refractivity contribution in [1.29, 1.82) is 0 Å². The summed E-state index contributed by atoms with van der Waals surface area (Å²) in [6.45, 7) is 0.666. The van der Waals surface area contributed by atoms with E-state index in [4.69, 9.17) is 10.8 Å². The number of nitrogens with two attached hydrogens (primary N) is 1. The monoisotopic (exact) mass is 503 g/mol. The maximum Gasteiger partial charge on any atom is 0.326 e. The zero-order valence-corrected chi connectivity index (χ0v) is 19.8. The smallest absolute Gasteiger partial charge is 0.326 e. The van der Waals surface area contributed by atoms with Crippen LogP contribution in [0.1, 0.15) is 44.9 Å². The van der Waals surface area contributed by atoms with E-state index in [0.717, 1.165) is 6.42 Å². The van der Waals surface area contributed by atoms with E-state index in [1.807, 2.05) is 0 Å². The molecule has 0 radical (unpaired) electrons. The molecular formula is C20H33N5O8S. The Kier molecular flexibility index (Phi) is 13.0. The van der Waals surface area contributed by atoms with Crippen LogP contribution in [0.15, 0.2) is 0 Å². The van der Waals surface area contributed by atoms with Crippen LogP contribution in [0.2, 0.25) is 0 Å². The molecule has 1 saturated heterocycles. The molecule has 1 rings (SSSR count). The summed E-state index contributed by atoms with van der Waals surface area (Å²) in [7, 11) is 0. The molecule has 1 aliphatic rings. The summed E-state index contributed by atoms with van der Waals surface area (Å²) < 4.78 is 0. The molecule has 0 bridgehead atoms. The number of primary amides is 1. The Labute approximate surface area is 201 Å². The normalized spacial score (nSPS) is 17.7. The second-order valence-electron chi connectivity index (χ2n) is 7.89. The molecule has 0 aromatic rings. The fourth-order valence-electron chi connectivity index (χ4n) is 3.31. The van der Waals surface area contributed by atoms with Crippen molar-refractivity contribution in [1.82, 2.24) is 21.3 Å². The van der Waals surface area contributed by atoms with Gasteiger partial charge in [-0.2, -0.15) is 11.8 Å². The number of aliphatic carboxylic acids is 2. The van der Waals surface area contributed by atoms with Gasteiger partial charge in [0.15, 0.2) is 0 Å². The van der Waals surface area contributed by atoms with Crippen LogP contribution in [0.4, 0.5) is 0 Å². The van der Waals surface area contributed by atoms with E-state index < -0.39 is 66.2 Å². The number of amides is 4. The van der Waals surface area contributed by atoms with Crippen LogP contribution < -0.4 is 27.0 Å². The first-order valence-corrected chi connectivity index (χ1v) is 12.3. The van der Waals surface area contributed by atoms with Gasteiger partial charge in [-0.15, -0.1) is 0 Å². The molecule has 0 aromatic carbocycles. The number of rotatable bonds is 16. The minimum atomic E-state index is -1.45. The molecule has 1 heterocycles. The van der Waals surface area contributed by atoms with Crippen molar-refractivity contribution in [3.05, 3.63) is 0 Å². The maximum atomic E-state index is 12.9. The Bertz CT molecular complexity index is 759. The summed E-state index contributed by atoms with van der Waals surface area (Å²) in [5.74, 6) is -4.74. The fraction of sp³-hybridized carbons (Fsp3) is 0.700. The average Bonchev–Trinajstić information content (AvgIpc) is 3.31. The number of hydrogen-bond donors (Lipinski definition) is 7. The Hall–Kier alpha value is -2.87. The van der Waals surface area contributed by atoms with Gasteiger partial charge in [-0.1, -0.05) is 0 Å². The van der Waals surface area contributed by atoms with E-state index in [9.17, 15) is 33.9 Å². The first-order valence-electron chi connectivity index (χ1n) is 10.9. The lowest BCUT2D eigenvalue weighted by Crippen LogP contribution is -2.57. The highest BCUT2D eigenvalue weighted by molar-refractivity contribution is 7.98. The van der Waals surface area contributed by atoms with Gasteiger partial charge < -0.3 is 37.2 Å². The molecule has 4 amide bonds. The Morgan fingerprint density at radius 1 is 0.941 bits per heavy atom. The van der Waals surface area contributed by atoms with Crippen molar-refractivity contribution in [3.8, 4) is 0 Å². The average molecular weight is 504 g/mol. The quantitative estimate of drug-likeness (QED) is 0.125. The highest BCUT2D eigenvalue weighted by Gasteiger charge is 2.31. The summed E-state index contributed by atoms with van der Waals surface area (Å²) in [4.78, 5) is 71.6. The standard InChI is InChI=1S/C20H33N5O8S/c1-34-10-8-13(19(31)25-14(20(32)33)5-7-16(27)28)24-18(30)12(4-6-15(21)26)23-17(29)11-3-2-9-22-11/h11-14,22H,2-10H2,1H3,(H2,21,26)(H,23,29)(H,24,30)(H,25,31)(H,27,28)(H,32,33)/t11-,12-,13-,14-/m0/s1. The molecular weight excluding hydrogens is 470 g/mol. The number of carboxylic acid groups (broad SMARTS) is 2. The second-order valence-corrected chi connectivity index (χ2v) is 8.88. The molecule has 0 aromatic heterocycles. The molecule has 1 fully saturated rings. The molecule has 13 nitrogen and oxygen atoms in total. The van der Waals surface area contributed by atoms with Gasteiger partial charge in [0.1, 0.15) is 18.1 Å². The van der Waals surface area contributed by atoms with Gasteiger partial charge in [-0.25, -0.2) is 4.79 Å². The van der Waals surface area contributed by atoms with Crippen LogP contribution >= 0.6 is 11.8 Å². The van der Waals surface area contributed by atoms with E-state index in [0.29, 0.717) is 18.7 Å². The van der Waals surface area contributed by atoms with Crippen LogP contribution in [0.25, 0.3) is 0 Å². The lowest BCUT2D eigenvalue weighted by Gasteiger charge is -2.25. The zero-order valence-electron chi connectivity index (χ0n) is 19.0. The Morgan fingerprint density at radius 3 is 2.03 bits per heavy atom. The zero-order chi connectivity index (χ0) is 25.7. The SMILES string of the molecule is CSCC[C@H](NC(=O)[C@H](CCC(N)=O)NC(=O)[C@@H]1CCCN1)C(=O)N[C@@H](CCC(=O)O)C(=O)O. The number of carbonyl (C=O) groups excluding carboxylic acids is 4. The third kappa shape index (κ3) is 10.8. The summed E-state index contributed by atoms with van der Waals surface area (Å²) in [5, 5.41) is 28.5. The first-order chi connectivity index (χ1) is 16.0. The number of carboxylic acids is 2. The van der Waals surface area contributed by atoms with E-state index in [2.05, 4.69) is 21.3 Å². The predicted molar refractivity (Wildman–Crippen MR) is 123 cm³/mol. The third-order valence-corrected chi connectivity index (χ3v) is 5.84. The lowest BCUT2D eigenvalue weighted by molar-refractivity contribution is -0.143. The molecule has 34 heavy (non-hydrogen) atoms. The molecule has 0 aliphatic carbocycles. The van der Waals surface area contributed by atoms with Gasteiger partial charge in [0.25, 0.3) is 0 Å². The van der Waals surface area contributed by atoms with Crippen molar-refractivity contribution in [3.63, 3.8) is 0 Å². The summed E-state index contributed by atoms with van der Waals surface area (Å²) >= 11 is 1.40. The largest absolute Gasteiger partial charge is 0.481 e. The minimum absolute atomic E-state index is 0.0765. The highest BCUT2D eigenvalue weighted by atomic mass is 32.2. The number of carbonyl (C=O) groups is 6. The van der Waals surface area contributed by atoms with Crippen LogP contribution in [-0.2, 0) is 28.8 Å². The fourth-order valence-corrected chi connectivity index (χ4v) is 3.78. The minimum Gasteiger partial charge on any atom is -0.481 e. The third-order valence-electron chi connectivity index (χ3n) is 5.19. The van der Waals surface area contributed by atoms with Crippen LogP contribution in [0, 0.1) is 0 Å². The van der Waals surface area contributed by atoms with Crippen molar-refractivity contribution >= 4 is 47.3 Å². The van der Waals surface area contributed by atoms with Gasteiger partial charge >= 0.3 is 11.9 Å². The predicted octanol–water partition coefficient (Wildman–Crippen LogP) is -1.84. The molecule has 1 aliphatic heterocycles. The molecule has 8 N–H and O–H groups in total. The Morgan fingerprint density at radius 2 is 1.53 bits per heavy atom. The second kappa shape index (κ2) is 15.1. The Balaban J connectivity index is 2.91. The number of thioether (sulfide) groups is 1. The van der Waals surface area contributed by atoms with E-state index in [1.165, 1.54) is 11.8 Å².